The third kappa shape index (κ3) is 4.45. The predicted molar refractivity (Wildman–Crippen MR) is 86.5 cm³/mol. The lowest BCUT2D eigenvalue weighted by molar-refractivity contribution is -0.121. The Balaban J connectivity index is 1.80. The fourth-order valence-corrected chi connectivity index (χ4v) is 2.59. The summed E-state index contributed by atoms with van der Waals surface area (Å²) >= 11 is 11.9. The molecule has 0 atom stereocenters. The van der Waals surface area contributed by atoms with Crippen molar-refractivity contribution in [2.24, 2.45) is 0 Å². The Labute approximate surface area is 147 Å². The molecule has 0 unspecified atom stereocenters. The maximum Gasteiger partial charge on any atom is 0.280 e. The van der Waals surface area contributed by atoms with Gasteiger partial charge in [-0.05, 0) is 26.3 Å². The van der Waals surface area contributed by atoms with E-state index in [9.17, 15) is 13.6 Å². The molecule has 1 N–H and O–H groups in total. The zero-order chi connectivity index (χ0) is 17.9. The Morgan fingerprint density at radius 1 is 1.29 bits per heavy atom. The summed E-state index contributed by atoms with van der Waals surface area (Å²) in [7, 11) is 0. The summed E-state index contributed by atoms with van der Waals surface area (Å²) in [6.07, 6.45) is -2.10. The van der Waals surface area contributed by atoms with E-state index in [1.54, 1.807) is 18.5 Å². The number of amides is 1. The first-order valence-corrected chi connectivity index (χ1v) is 8.02. The Kier molecular flexibility index (Phi) is 6.17. The van der Waals surface area contributed by atoms with Gasteiger partial charge in [-0.2, -0.15) is 10.2 Å². The molecule has 132 valence electrons. The van der Waals surface area contributed by atoms with Gasteiger partial charge in [-0.15, -0.1) is 0 Å². The smallest absolute Gasteiger partial charge is 0.280 e. The molecule has 10 heteroatoms. The van der Waals surface area contributed by atoms with E-state index in [0.29, 0.717) is 41.1 Å². The van der Waals surface area contributed by atoms with Crippen molar-refractivity contribution in [1.82, 2.24) is 24.9 Å². The van der Waals surface area contributed by atoms with Crippen LogP contribution in [0.3, 0.4) is 0 Å². The van der Waals surface area contributed by atoms with Crippen molar-refractivity contribution < 1.29 is 13.6 Å². The van der Waals surface area contributed by atoms with Crippen LogP contribution in [-0.4, -0.2) is 32.0 Å². The number of rotatable bonds is 7. The van der Waals surface area contributed by atoms with E-state index in [1.807, 2.05) is 0 Å². The van der Waals surface area contributed by atoms with Gasteiger partial charge in [0, 0.05) is 13.1 Å². The van der Waals surface area contributed by atoms with E-state index in [-0.39, 0.29) is 18.1 Å². The van der Waals surface area contributed by atoms with Crippen LogP contribution in [0.5, 0.6) is 0 Å². The lowest BCUT2D eigenvalue weighted by Crippen LogP contribution is -2.30. The third-order valence-corrected chi connectivity index (χ3v) is 4.25. The average molecular weight is 380 g/mol. The summed E-state index contributed by atoms with van der Waals surface area (Å²) in [5, 5.41) is 11.5. The predicted octanol–water partition coefficient (Wildman–Crippen LogP) is 3.15. The largest absolute Gasteiger partial charge is 0.354 e. The molecule has 0 radical (unpaired) electrons. The van der Waals surface area contributed by atoms with Crippen molar-refractivity contribution in [3.05, 3.63) is 33.3 Å². The van der Waals surface area contributed by atoms with Crippen molar-refractivity contribution in [3.63, 3.8) is 0 Å². The Hall–Kier alpha value is -1.67. The van der Waals surface area contributed by atoms with Gasteiger partial charge in [0.25, 0.3) is 6.43 Å². The van der Waals surface area contributed by atoms with Gasteiger partial charge in [0.2, 0.25) is 5.91 Å². The second-order valence-electron chi connectivity index (χ2n) is 5.29. The minimum Gasteiger partial charge on any atom is -0.354 e. The molecule has 0 saturated carbocycles. The molecule has 0 saturated heterocycles. The van der Waals surface area contributed by atoms with Gasteiger partial charge in [0.1, 0.15) is 22.4 Å². The van der Waals surface area contributed by atoms with Crippen LogP contribution in [0.25, 0.3) is 0 Å². The van der Waals surface area contributed by atoms with E-state index in [4.69, 9.17) is 23.2 Å². The highest BCUT2D eigenvalue weighted by molar-refractivity contribution is 6.41. The highest BCUT2D eigenvalue weighted by Gasteiger charge is 2.17. The molecule has 0 aliphatic rings. The van der Waals surface area contributed by atoms with Crippen molar-refractivity contribution >= 4 is 29.1 Å². The highest BCUT2D eigenvalue weighted by atomic mass is 35.5. The second-order valence-corrected chi connectivity index (χ2v) is 6.02. The molecule has 0 fully saturated rings. The van der Waals surface area contributed by atoms with E-state index < -0.39 is 6.43 Å². The summed E-state index contributed by atoms with van der Waals surface area (Å²) in [6.45, 7) is 3.94. The van der Waals surface area contributed by atoms with Crippen LogP contribution < -0.4 is 5.32 Å². The summed E-state index contributed by atoms with van der Waals surface area (Å²) in [6, 6.07) is 1.27. The molecular weight excluding hydrogens is 363 g/mol. The number of aryl methyl sites for hydroxylation is 3. The molecule has 1 amide bonds. The molecule has 24 heavy (non-hydrogen) atoms. The molecule has 0 spiro atoms. The summed E-state index contributed by atoms with van der Waals surface area (Å²) in [5.74, 6) is -0.388. The normalized spacial score (nSPS) is 11.3. The molecule has 0 aromatic carbocycles. The molecule has 0 aliphatic carbocycles. The summed E-state index contributed by atoms with van der Waals surface area (Å²) in [5.41, 5.74) is 0.814. The van der Waals surface area contributed by atoms with Crippen molar-refractivity contribution in [2.45, 2.75) is 39.8 Å². The number of hydrogen-bond donors (Lipinski definition) is 1. The number of carbonyl (C=O) groups excluding carboxylic acids is 1. The van der Waals surface area contributed by atoms with Crippen molar-refractivity contribution in [3.8, 4) is 0 Å². The zero-order valence-corrected chi connectivity index (χ0v) is 14.7. The number of hydrogen-bond acceptors (Lipinski definition) is 3. The third-order valence-electron chi connectivity index (χ3n) is 3.32. The number of aromatic nitrogens is 4. The van der Waals surface area contributed by atoms with E-state index in [1.165, 1.54) is 6.07 Å². The summed E-state index contributed by atoms with van der Waals surface area (Å²) in [4.78, 5) is 11.8. The van der Waals surface area contributed by atoms with E-state index in [2.05, 4.69) is 15.5 Å². The number of halogens is 4. The lowest BCUT2D eigenvalue weighted by atomic mass is 10.4. The molecule has 2 aromatic rings. The molecule has 6 nitrogen and oxygen atoms in total. The molecule has 2 heterocycles. The zero-order valence-electron chi connectivity index (χ0n) is 13.2. The Morgan fingerprint density at radius 3 is 2.58 bits per heavy atom. The van der Waals surface area contributed by atoms with Gasteiger partial charge in [-0.25, -0.2) is 8.78 Å². The average Bonchev–Trinajstić information content (AvgIpc) is 2.99. The van der Waals surface area contributed by atoms with Crippen molar-refractivity contribution in [2.75, 3.05) is 6.54 Å². The Morgan fingerprint density at radius 2 is 2.00 bits per heavy atom. The second kappa shape index (κ2) is 7.94. The lowest BCUT2D eigenvalue weighted by Gasteiger charge is -2.08. The van der Waals surface area contributed by atoms with Gasteiger partial charge in [-0.3, -0.25) is 14.2 Å². The Bertz CT molecular complexity index is 729. The maximum atomic E-state index is 12.8. The van der Waals surface area contributed by atoms with Gasteiger partial charge in [0.15, 0.2) is 0 Å². The topological polar surface area (TPSA) is 64.7 Å². The van der Waals surface area contributed by atoms with Gasteiger partial charge >= 0.3 is 0 Å². The first-order chi connectivity index (χ1) is 11.3. The van der Waals surface area contributed by atoms with Crippen LogP contribution in [0, 0.1) is 13.8 Å². The van der Waals surface area contributed by atoms with Crippen molar-refractivity contribution in [1.29, 1.82) is 0 Å². The number of nitrogens with one attached hydrogen (secondary N) is 1. The fourth-order valence-electron chi connectivity index (χ4n) is 2.20. The number of alkyl halides is 2. The highest BCUT2D eigenvalue weighted by Crippen LogP contribution is 2.24. The van der Waals surface area contributed by atoms with Crippen LogP contribution in [-0.2, 0) is 17.9 Å². The van der Waals surface area contributed by atoms with Crippen LogP contribution >= 0.6 is 23.2 Å². The number of carbonyl (C=O) groups is 1. The van der Waals surface area contributed by atoms with Crippen LogP contribution in [0.15, 0.2) is 6.07 Å². The van der Waals surface area contributed by atoms with Crippen LogP contribution in [0.2, 0.25) is 10.2 Å². The van der Waals surface area contributed by atoms with Crippen LogP contribution in [0.1, 0.15) is 29.9 Å². The molecule has 0 aliphatic heterocycles. The van der Waals surface area contributed by atoms with Gasteiger partial charge in [-0.1, -0.05) is 23.2 Å². The first-order valence-electron chi connectivity index (χ1n) is 7.27. The number of nitrogens with zero attached hydrogens (tertiary/aromatic N) is 4. The fraction of sp³-hybridized carbons (Fsp3) is 0.500. The van der Waals surface area contributed by atoms with Gasteiger partial charge in [0.05, 0.1) is 11.4 Å². The maximum absolute atomic E-state index is 12.8. The van der Waals surface area contributed by atoms with E-state index in [0.717, 1.165) is 4.68 Å². The minimum atomic E-state index is -2.67. The quantitative estimate of drug-likeness (QED) is 0.751. The standard InChI is InChI=1S/C14H17Cl2F2N5O/c1-8-6-10(14(17)18)23(20-8)7-11(24)19-4-3-5-22-13(16)12(15)9(2)21-22/h6,14H,3-5,7H2,1-2H3,(H,19,24). The van der Waals surface area contributed by atoms with Gasteiger partial charge < -0.3 is 5.32 Å². The van der Waals surface area contributed by atoms with Crippen LogP contribution in [0.4, 0.5) is 8.78 Å². The van der Waals surface area contributed by atoms with E-state index >= 15 is 0 Å². The minimum absolute atomic E-state index is 0.249. The summed E-state index contributed by atoms with van der Waals surface area (Å²) < 4.78 is 28.2. The molecular formula is C14H17Cl2F2N5O. The first kappa shape index (κ1) is 18.7. The molecule has 0 bridgehead atoms. The molecule has 2 rings (SSSR count). The monoisotopic (exact) mass is 379 g/mol. The SMILES string of the molecule is Cc1cc(C(F)F)n(CC(=O)NCCCn2nc(C)c(Cl)c2Cl)n1. The molecule has 2 aromatic heterocycles.